The molecule has 2 atom stereocenters. The van der Waals surface area contributed by atoms with Crippen molar-refractivity contribution in [2.24, 2.45) is 10.9 Å². The average molecular weight is 570 g/mol. The molecule has 9 heteroatoms. The number of benzene rings is 2. The van der Waals surface area contributed by atoms with Gasteiger partial charge in [-0.2, -0.15) is 0 Å². The third kappa shape index (κ3) is 6.94. The van der Waals surface area contributed by atoms with E-state index in [2.05, 4.69) is 34.4 Å². The van der Waals surface area contributed by atoms with Crippen molar-refractivity contribution in [3.63, 3.8) is 0 Å². The number of anilines is 1. The number of fused-ring (bicyclic) bond motifs is 1. The molecular weight excluding hydrogens is 531 g/mol. The summed E-state index contributed by atoms with van der Waals surface area (Å²) in [6.45, 7) is 7.68. The van der Waals surface area contributed by atoms with E-state index in [-0.39, 0.29) is 11.6 Å². The summed E-state index contributed by atoms with van der Waals surface area (Å²) in [7, 11) is 0. The van der Waals surface area contributed by atoms with Crippen molar-refractivity contribution in [1.29, 1.82) is 0 Å². The average Bonchev–Trinajstić information content (AvgIpc) is 2.93. The lowest BCUT2D eigenvalue weighted by molar-refractivity contribution is 0.292. The van der Waals surface area contributed by atoms with E-state index in [1.807, 2.05) is 30.3 Å². The number of nitrogens with one attached hydrogen (secondary N) is 2. The van der Waals surface area contributed by atoms with Gasteiger partial charge in [-0.3, -0.25) is 9.36 Å². The first-order valence-electron chi connectivity index (χ1n) is 14.1. The number of hydrogen-bond acceptors (Lipinski definition) is 4. The second-order valence-electron chi connectivity index (χ2n) is 11.0. The van der Waals surface area contributed by atoms with Crippen LogP contribution in [0.3, 0.4) is 0 Å². The Morgan fingerprint density at radius 2 is 2.00 bits per heavy atom. The Hall–Kier alpha value is -2.61. The molecule has 2 aromatic carbocycles. The van der Waals surface area contributed by atoms with Crippen LogP contribution < -0.4 is 16.2 Å². The van der Waals surface area contributed by atoms with Crippen molar-refractivity contribution < 1.29 is 0 Å². The SMILES string of the molecule is C[C@H]1CN(C(=N[C@H](C)C2CCCCC2)Nc2ccc3c(=O)n(CCc4ccc(Cl)cc4Cl)cnc3c2)CCN1. The predicted octanol–water partition coefficient (Wildman–Crippen LogP) is 5.98. The van der Waals surface area contributed by atoms with Crippen molar-refractivity contribution in [3.8, 4) is 0 Å². The van der Waals surface area contributed by atoms with Gasteiger partial charge in [0.05, 0.1) is 23.3 Å². The van der Waals surface area contributed by atoms with Gasteiger partial charge in [-0.05, 0) is 74.9 Å². The van der Waals surface area contributed by atoms with Crippen LogP contribution in [0.25, 0.3) is 10.9 Å². The highest BCUT2D eigenvalue weighted by atomic mass is 35.5. The molecule has 3 aromatic rings. The highest BCUT2D eigenvalue weighted by Gasteiger charge is 2.24. The normalized spacial score (nSPS) is 19.8. The molecule has 2 aliphatic rings. The summed E-state index contributed by atoms with van der Waals surface area (Å²) in [5.74, 6) is 1.55. The van der Waals surface area contributed by atoms with E-state index in [0.29, 0.717) is 45.9 Å². The van der Waals surface area contributed by atoms with Crippen LogP contribution in [0, 0.1) is 5.92 Å². The van der Waals surface area contributed by atoms with E-state index in [4.69, 9.17) is 28.2 Å². The second kappa shape index (κ2) is 12.7. The monoisotopic (exact) mass is 568 g/mol. The topological polar surface area (TPSA) is 74.5 Å². The summed E-state index contributed by atoms with van der Waals surface area (Å²) < 4.78 is 1.64. The number of aromatic nitrogens is 2. The van der Waals surface area contributed by atoms with E-state index in [1.54, 1.807) is 17.0 Å². The number of halogens is 2. The summed E-state index contributed by atoms with van der Waals surface area (Å²) >= 11 is 12.3. The van der Waals surface area contributed by atoms with Gasteiger partial charge in [0, 0.05) is 48.0 Å². The minimum Gasteiger partial charge on any atom is -0.340 e. The first kappa shape index (κ1) is 27.9. The maximum Gasteiger partial charge on any atom is 0.261 e. The Labute approximate surface area is 240 Å². The zero-order chi connectivity index (χ0) is 27.4. The number of guanidine groups is 1. The number of nitrogens with zero attached hydrogens (tertiary/aromatic N) is 4. The van der Waals surface area contributed by atoms with Crippen LogP contribution in [0.15, 0.2) is 52.5 Å². The minimum atomic E-state index is -0.0626. The molecule has 39 heavy (non-hydrogen) atoms. The third-order valence-electron chi connectivity index (χ3n) is 8.04. The molecule has 0 spiro atoms. The van der Waals surface area contributed by atoms with Crippen LogP contribution in [0.2, 0.25) is 10.0 Å². The number of hydrogen-bond donors (Lipinski definition) is 2. The third-order valence-corrected chi connectivity index (χ3v) is 8.63. The van der Waals surface area contributed by atoms with Crippen LogP contribution in [-0.4, -0.2) is 52.1 Å². The number of piperazine rings is 1. The van der Waals surface area contributed by atoms with Crippen LogP contribution in [0.5, 0.6) is 0 Å². The molecule has 1 aliphatic carbocycles. The molecule has 2 heterocycles. The summed E-state index contributed by atoms with van der Waals surface area (Å²) in [4.78, 5) is 25.4. The van der Waals surface area contributed by atoms with Crippen molar-refractivity contribution in [2.45, 2.75) is 71.0 Å². The van der Waals surface area contributed by atoms with Crippen LogP contribution in [-0.2, 0) is 13.0 Å². The molecule has 1 saturated heterocycles. The first-order chi connectivity index (χ1) is 18.9. The molecule has 2 fully saturated rings. The van der Waals surface area contributed by atoms with E-state index in [1.165, 1.54) is 32.1 Å². The lowest BCUT2D eigenvalue weighted by Gasteiger charge is -2.35. The van der Waals surface area contributed by atoms with Crippen LogP contribution in [0.4, 0.5) is 5.69 Å². The van der Waals surface area contributed by atoms with Gasteiger partial charge in [0.25, 0.3) is 5.56 Å². The van der Waals surface area contributed by atoms with Gasteiger partial charge >= 0.3 is 0 Å². The Kier molecular flexibility index (Phi) is 9.10. The van der Waals surface area contributed by atoms with E-state index in [9.17, 15) is 4.79 Å². The smallest absolute Gasteiger partial charge is 0.261 e. The van der Waals surface area contributed by atoms with E-state index < -0.39 is 0 Å². The fraction of sp³-hybridized carbons (Fsp3) is 0.500. The van der Waals surface area contributed by atoms with Gasteiger partial charge in [0.15, 0.2) is 5.96 Å². The highest BCUT2D eigenvalue weighted by Crippen LogP contribution is 2.28. The minimum absolute atomic E-state index is 0.0626. The van der Waals surface area contributed by atoms with Crippen molar-refractivity contribution in [2.75, 3.05) is 25.0 Å². The lowest BCUT2D eigenvalue weighted by atomic mass is 9.85. The van der Waals surface area contributed by atoms with Crippen molar-refractivity contribution >= 4 is 45.8 Å². The van der Waals surface area contributed by atoms with Crippen molar-refractivity contribution in [3.05, 3.63) is 68.7 Å². The Morgan fingerprint density at radius 3 is 2.77 bits per heavy atom. The molecule has 7 nitrogen and oxygen atoms in total. The molecular formula is C30H38Cl2N6O. The van der Waals surface area contributed by atoms with Crippen LogP contribution in [0.1, 0.15) is 51.5 Å². The zero-order valence-corrected chi connectivity index (χ0v) is 24.3. The number of aryl methyl sites for hydroxylation is 2. The molecule has 0 bridgehead atoms. The summed E-state index contributed by atoms with van der Waals surface area (Å²) in [5, 5.41) is 8.92. The maximum atomic E-state index is 13.2. The van der Waals surface area contributed by atoms with Gasteiger partial charge in [-0.25, -0.2) is 9.98 Å². The van der Waals surface area contributed by atoms with Gasteiger partial charge in [-0.1, -0.05) is 48.5 Å². The van der Waals surface area contributed by atoms with E-state index >= 15 is 0 Å². The first-order valence-corrected chi connectivity index (χ1v) is 14.9. The molecule has 2 N–H and O–H groups in total. The Balaban J connectivity index is 1.36. The molecule has 1 saturated carbocycles. The number of rotatable bonds is 6. The summed E-state index contributed by atoms with van der Waals surface area (Å²) in [6.07, 6.45) is 8.70. The maximum absolute atomic E-state index is 13.2. The second-order valence-corrected chi connectivity index (χ2v) is 11.8. The van der Waals surface area contributed by atoms with Gasteiger partial charge in [0.2, 0.25) is 0 Å². The molecule has 0 unspecified atom stereocenters. The predicted molar refractivity (Wildman–Crippen MR) is 162 cm³/mol. The largest absolute Gasteiger partial charge is 0.340 e. The van der Waals surface area contributed by atoms with Gasteiger partial charge in [-0.15, -0.1) is 0 Å². The zero-order valence-electron chi connectivity index (χ0n) is 22.8. The molecule has 5 rings (SSSR count). The highest BCUT2D eigenvalue weighted by molar-refractivity contribution is 6.35. The fourth-order valence-corrected chi connectivity index (χ4v) is 6.23. The molecule has 208 valence electrons. The van der Waals surface area contributed by atoms with Gasteiger partial charge in [0.1, 0.15) is 0 Å². The molecule has 1 aliphatic heterocycles. The van der Waals surface area contributed by atoms with Crippen molar-refractivity contribution in [1.82, 2.24) is 19.8 Å². The Morgan fingerprint density at radius 1 is 1.18 bits per heavy atom. The molecule has 0 amide bonds. The van der Waals surface area contributed by atoms with Gasteiger partial charge < -0.3 is 15.5 Å². The summed E-state index contributed by atoms with van der Waals surface area (Å²) in [6, 6.07) is 11.9. The fourth-order valence-electron chi connectivity index (χ4n) is 5.72. The quantitative estimate of drug-likeness (QED) is 0.283. The standard InChI is InChI=1S/C30H38Cl2N6O/c1-20-18-37(15-13-33-20)30(35-21(2)22-6-4-3-5-7-22)36-25-10-11-26-28(17-25)34-19-38(29(26)39)14-12-23-8-9-24(31)16-27(23)32/h8-11,16-17,19-22,33H,3-7,12-15,18H2,1-2H3,(H,35,36)/t20-,21+/m0/s1. The van der Waals surface area contributed by atoms with E-state index in [0.717, 1.165) is 36.8 Å². The Bertz CT molecular complexity index is 1380. The molecule has 1 aromatic heterocycles. The lowest BCUT2D eigenvalue weighted by Crippen LogP contribution is -2.53. The molecule has 0 radical (unpaired) electrons. The summed E-state index contributed by atoms with van der Waals surface area (Å²) in [5.41, 5.74) is 2.44. The number of aliphatic imine (C=N–C) groups is 1. The van der Waals surface area contributed by atoms with Crippen LogP contribution >= 0.6 is 23.2 Å².